The van der Waals surface area contributed by atoms with E-state index >= 15 is 0 Å². The predicted octanol–water partition coefficient (Wildman–Crippen LogP) is 5.36. The van der Waals surface area contributed by atoms with Gasteiger partial charge in [-0.2, -0.15) is 5.11 Å². The number of aliphatic imine (C=N–C) groups is 1. The molecule has 0 fully saturated rings. The van der Waals surface area contributed by atoms with Crippen LogP contribution < -0.4 is 0 Å². The molecule has 0 saturated heterocycles. The minimum Gasteiger partial charge on any atom is -0.239 e. The molecule has 0 aliphatic rings. The zero-order chi connectivity index (χ0) is 13.7. The van der Waals surface area contributed by atoms with Gasteiger partial charge < -0.3 is 0 Å². The van der Waals surface area contributed by atoms with Crippen molar-refractivity contribution in [3.8, 4) is 0 Å². The largest absolute Gasteiger partial charge is 0.239 e. The molecule has 0 saturated carbocycles. The predicted molar refractivity (Wildman–Crippen MR) is 77.5 cm³/mol. The number of hydrogen-bond acceptors (Lipinski definition) is 3. The Labute approximate surface area is 118 Å². The molecule has 0 amide bonds. The van der Waals surface area contributed by atoms with Crippen LogP contribution in [0, 0.1) is 18.4 Å². The van der Waals surface area contributed by atoms with Crippen LogP contribution >= 0.6 is 23.2 Å². The number of benzene rings is 1. The molecule has 98 valence electrons. The quantitative estimate of drug-likeness (QED) is 0.559. The summed E-state index contributed by atoms with van der Waals surface area (Å²) in [6, 6.07) is 5.05. The Bertz CT molecular complexity index is 458. The second kappa shape index (κ2) is 6.86. The molecule has 1 N–H and O–H groups in total. The first-order valence-corrected chi connectivity index (χ1v) is 6.62. The first kappa shape index (κ1) is 15.1. The molecule has 0 spiro atoms. The van der Waals surface area contributed by atoms with E-state index in [0.717, 1.165) is 17.7 Å². The molecular formula is C13H17Cl2N3. The Morgan fingerprint density at radius 2 is 2.11 bits per heavy atom. The molecule has 2 atom stereocenters. The summed E-state index contributed by atoms with van der Waals surface area (Å²) in [7, 11) is 0. The van der Waals surface area contributed by atoms with E-state index in [0.29, 0.717) is 10.2 Å². The summed E-state index contributed by atoms with van der Waals surface area (Å²) in [6.45, 7) is 5.97. The van der Waals surface area contributed by atoms with Crippen LogP contribution in [0.1, 0.15) is 25.8 Å². The van der Waals surface area contributed by atoms with Gasteiger partial charge in [-0.15, -0.1) is 0 Å². The highest BCUT2D eigenvalue weighted by molar-refractivity contribution is 6.67. The first-order valence-electron chi connectivity index (χ1n) is 5.86. The number of nitrogens with zero attached hydrogens (tertiary/aromatic N) is 2. The van der Waals surface area contributed by atoms with Gasteiger partial charge in [-0.25, -0.2) is 10.5 Å². The molecule has 18 heavy (non-hydrogen) atoms. The summed E-state index contributed by atoms with van der Waals surface area (Å²) in [5.41, 5.74) is 8.93. The van der Waals surface area contributed by atoms with Crippen LogP contribution in [0.5, 0.6) is 0 Å². The summed E-state index contributed by atoms with van der Waals surface area (Å²) < 4.78 is 0. The summed E-state index contributed by atoms with van der Waals surface area (Å²) in [5, 5.41) is 4.59. The van der Waals surface area contributed by atoms with Gasteiger partial charge in [0, 0.05) is 5.02 Å². The maximum Gasteiger partial charge on any atom is 0.133 e. The molecule has 1 aromatic rings. The molecule has 1 aromatic carbocycles. The highest BCUT2D eigenvalue weighted by Gasteiger charge is 2.20. The summed E-state index contributed by atoms with van der Waals surface area (Å²) in [6.07, 6.45) is 0.901. The molecule has 3 nitrogen and oxygen atoms in total. The van der Waals surface area contributed by atoms with Gasteiger partial charge in [-0.3, -0.25) is 0 Å². The van der Waals surface area contributed by atoms with E-state index in [2.05, 4.69) is 10.1 Å². The van der Waals surface area contributed by atoms with Crippen LogP contribution in [0.2, 0.25) is 5.02 Å². The lowest BCUT2D eigenvalue weighted by Gasteiger charge is -2.15. The maximum atomic E-state index is 7.22. The van der Waals surface area contributed by atoms with E-state index in [1.807, 2.05) is 32.9 Å². The van der Waals surface area contributed by atoms with Gasteiger partial charge >= 0.3 is 0 Å². The third-order valence-electron chi connectivity index (χ3n) is 2.95. The van der Waals surface area contributed by atoms with Crippen LogP contribution in [0.25, 0.3) is 0 Å². The van der Waals surface area contributed by atoms with Crippen LogP contribution in [0.3, 0.4) is 0 Å². The number of halogens is 2. The van der Waals surface area contributed by atoms with E-state index in [1.165, 1.54) is 0 Å². The van der Waals surface area contributed by atoms with Gasteiger partial charge in [-0.1, -0.05) is 43.5 Å². The minimum absolute atomic E-state index is 0.200. The Hall–Kier alpha value is -0.930. The van der Waals surface area contributed by atoms with Crippen molar-refractivity contribution < 1.29 is 0 Å². The normalized spacial score (nSPS) is 15.3. The van der Waals surface area contributed by atoms with E-state index in [-0.39, 0.29) is 12.0 Å². The zero-order valence-corrected chi connectivity index (χ0v) is 12.3. The highest BCUT2D eigenvalue weighted by Crippen LogP contribution is 2.25. The van der Waals surface area contributed by atoms with Crippen LogP contribution in [0.15, 0.2) is 28.3 Å². The van der Waals surface area contributed by atoms with E-state index in [1.54, 1.807) is 6.07 Å². The van der Waals surface area contributed by atoms with Gasteiger partial charge in [0.2, 0.25) is 0 Å². The zero-order valence-electron chi connectivity index (χ0n) is 10.7. The van der Waals surface area contributed by atoms with Crippen molar-refractivity contribution in [3.63, 3.8) is 0 Å². The Morgan fingerprint density at radius 1 is 1.44 bits per heavy atom. The second-order valence-corrected chi connectivity index (χ2v) is 5.15. The lowest BCUT2D eigenvalue weighted by Crippen LogP contribution is -2.21. The van der Waals surface area contributed by atoms with Crippen molar-refractivity contribution in [2.45, 2.75) is 33.2 Å². The smallest absolute Gasteiger partial charge is 0.133 e. The Kier molecular flexibility index (Phi) is 5.76. The average Bonchev–Trinajstić information content (AvgIpc) is 2.33. The van der Waals surface area contributed by atoms with Crippen molar-refractivity contribution in [1.29, 1.82) is 5.53 Å². The van der Waals surface area contributed by atoms with E-state index < -0.39 is 0 Å². The monoisotopic (exact) mass is 285 g/mol. The highest BCUT2D eigenvalue weighted by atomic mass is 35.5. The molecule has 0 heterocycles. The first-order chi connectivity index (χ1) is 8.49. The molecule has 0 bridgehead atoms. The lowest BCUT2D eigenvalue weighted by molar-refractivity contribution is 0.507. The third-order valence-corrected chi connectivity index (χ3v) is 3.50. The summed E-state index contributed by atoms with van der Waals surface area (Å²) >= 11 is 12.1. The van der Waals surface area contributed by atoms with Crippen molar-refractivity contribution in [3.05, 3.63) is 28.8 Å². The maximum absolute atomic E-state index is 7.22. The Morgan fingerprint density at radius 3 is 2.61 bits per heavy atom. The molecular weight excluding hydrogens is 269 g/mol. The number of rotatable bonds is 5. The molecule has 2 unspecified atom stereocenters. The summed E-state index contributed by atoms with van der Waals surface area (Å²) in [5.74, 6) is 0.200. The standard InChI is InChI=1S/C13H17Cl2N3/c1-4-8(2)12(18-16)13(15)17-11-6-5-10(14)7-9(11)3/h5-8,12,16H,4H2,1-3H3. The average molecular weight is 286 g/mol. The fraction of sp³-hybridized carbons (Fsp3) is 0.462. The van der Waals surface area contributed by atoms with Gasteiger partial charge in [0.1, 0.15) is 11.2 Å². The Balaban J connectivity index is 3.03. The van der Waals surface area contributed by atoms with Crippen molar-refractivity contribution in [2.75, 3.05) is 0 Å². The minimum atomic E-state index is -0.369. The lowest BCUT2D eigenvalue weighted by atomic mass is 10.0. The fourth-order valence-corrected chi connectivity index (χ4v) is 2.15. The number of nitrogens with one attached hydrogen (secondary N) is 1. The third kappa shape index (κ3) is 3.79. The van der Waals surface area contributed by atoms with E-state index in [4.69, 9.17) is 28.7 Å². The van der Waals surface area contributed by atoms with E-state index in [9.17, 15) is 0 Å². The van der Waals surface area contributed by atoms with Crippen molar-refractivity contribution >= 4 is 34.1 Å². The molecule has 0 aliphatic carbocycles. The van der Waals surface area contributed by atoms with Crippen LogP contribution in [0.4, 0.5) is 5.69 Å². The second-order valence-electron chi connectivity index (χ2n) is 4.32. The van der Waals surface area contributed by atoms with Gasteiger partial charge in [0.05, 0.1) is 5.69 Å². The van der Waals surface area contributed by atoms with Crippen LogP contribution in [-0.4, -0.2) is 11.2 Å². The van der Waals surface area contributed by atoms with Crippen molar-refractivity contribution in [2.24, 2.45) is 16.0 Å². The van der Waals surface area contributed by atoms with Crippen molar-refractivity contribution in [1.82, 2.24) is 0 Å². The van der Waals surface area contributed by atoms with Crippen LogP contribution in [-0.2, 0) is 0 Å². The van der Waals surface area contributed by atoms with Gasteiger partial charge in [-0.05, 0) is 36.6 Å². The fourth-order valence-electron chi connectivity index (χ4n) is 1.56. The SMILES string of the molecule is CCC(C)C(N=N)C(Cl)=Nc1ccc(Cl)cc1C. The number of aryl methyl sites for hydroxylation is 1. The molecule has 0 radical (unpaired) electrons. The van der Waals surface area contributed by atoms with Gasteiger partial charge in [0.25, 0.3) is 0 Å². The molecule has 0 aromatic heterocycles. The molecule has 1 rings (SSSR count). The topological polar surface area (TPSA) is 48.6 Å². The molecule has 5 heteroatoms. The van der Waals surface area contributed by atoms with Gasteiger partial charge in [0.15, 0.2) is 0 Å². The molecule has 0 aliphatic heterocycles. The summed E-state index contributed by atoms with van der Waals surface area (Å²) in [4.78, 5) is 4.35. The number of hydrogen-bond donors (Lipinski definition) is 1.